The number of nitrogens with zero attached hydrogens (tertiary/aromatic N) is 4. The second kappa shape index (κ2) is 7.67. The Morgan fingerprint density at radius 1 is 1.37 bits per heavy atom. The number of hydrogen-bond acceptors (Lipinski definition) is 3. The van der Waals surface area contributed by atoms with E-state index in [1.807, 2.05) is 25.9 Å². The first kappa shape index (κ1) is 15.3. The second-order valence-electron chi connectivity index (χ2n) is 4.90. The number of unbranched alkanes of at least 4 members (excludes halogenated alkanes) is 2. The number of allylic oxidation sites excluding steroid dienone is 2. The third-order valence-corrected chi connectivity index (χ3v) is 2.83. The number of aliphatic imine (C=N–C) groups is 1. The van der Waals surface area contributed by atoms with Crippen molar-refractivity contribution in [3.05, 3.63) is 23.7 Å². The highest BCUT2D eigenvalue weighted by Gasteiger charge is 2.09. The van der Waals surface area contributed by atoms with Crippen LogP contribution in [0.3, 0.4) is 0 Å². The summed E-state index contributed by atoms with van der Waals surface area (Å²) in [5.74, 6) is 0.742. The first-order chi connectivity index (χ1) is 9.06. The minimum absolute atomic E-state index is 0.742. The summed E-state index contributed by atoms with van der Waals surface area (Å²) in [4.78, 5) is 14.9. The molecule has 0 aromatic carbocycles. The van der Waals surface area contributed by atoms with Crippen molar-refractivity contribution in [2.45, 2.75) is 40.0 Å². The summed E-state index contributed by atoms with van der Waals surface area (Å²) < 4.78 is 0. The molecule has 0 aliphatic heterocycles. The quantitative estimate of drug-likeness (QED) is 0.446. The summed E-state index contributed by atoms with van der Waals surface area (Å²) in [6.45, 7) is 6.31. The molecule has 1 heterocycles. The highest BCUT2D eigenvalue weighted by Crippen LogP contribution is 2.26. The molecular formula is C15H24N4. The van der Waals surface area contributed by atoms with Gasteiger partial charge in [-0.15, -0.1) is 0 Å². The van der Waals surface area contributed by atoms with Crippen LogP contribution >= 0.6 is 0 Å². The number of aryl methyl sites for hydroxylation is 1. The van der Waals surface area contributed by atoms with E-state index in [9.17, 15) is 0 Å². The molecule has 19 heavy (non-hydrogen) atoms. The zero-order valence-corrected chi connectivity index (χ0v) is 12.6. The van der Waals surface area contributed by atoms with Crippen LogP contribution in [0.25, 0.3) is 5.57 Å². The average Bonchev–Trinajstić information content (AvgIpc) is 2.36. The zero-order chi connectivity index (χ0) is 14.3. The summed E-state index contributed by atoms with van der Waals surface area (Å²) in [5.41, 5.74) is 3.24. The van der Waals surface area contributed by atoms with Crippen LogP contribution in [0.15, 0.2) is 17.4 Å². The van der Waals surface area contributed by atoms with Gasteiger partial charge in [0, 0.05) is 19.7 Å². The molecule has 0 saturated carbocycles. The lowest BCUT2D eigenvalue weighted by Gasteiger charge is -2.09. The van der Waals surface area contributed by atoms with Gasteiger partial charge in [0.25, 0.3) is 0 Å². The molecule has 0 atom stereocenters. The van der Waals surface area contributed by atoms with Crippen molar-refractivity contribution < 1.29 is 0 Å². The van der Waals surface area contributed by atoms with Crippen LogP contribution in [0, 0.1) is 6.92 Å². The Bertz CT molecular complexity index is 461. The fourth-order valence-corrected chi connectivity index (χ4v) is 1.82. The van der Waals surface area contributed by atoms with E-state index in [1.165, 1.54) is 18.4 Å². The van der Waals surface area contributed by atoms with Crippen LogP contribution < -0.4 is 0 Å². The Labute approximate surface area is 116 Å². The van der Waals surface area contributed by atoms with Crippen molar-refractivity contribution >= 4 is 17.7 Å². The molecule has 1 aromatic rings. The molecule has 1 rings (SSSR count). The first-order valence-corrected chi connectivity index (χ1v) is 6.75. The van der Waals surface area contributed by atoms with E-state index < -0.39 is 0 Å². The topological polar surface area (TPSA) is 41.4 Å². The Balaban J connectivity index is 3.07. The molecule has 4 heteroatoms. The van der Waals surface area contributed by atoms with Crippen molar-refractivity contribution in [2.75, 3.05) is 14.1 Å². The highest BCUT2D eigenvalue weighted by atomic mass is 15.1. The summed E-state index contributed by atoms with van der Waals surface area (Å²) in [5, 5.41) is 0. The maximum Gasteiger partial charge on any atom is 0.164 e. The summed E-state index contributed by atoms with van der Waals surface area (Å²) in [6, 6.07) is 0. The van der Waals surface area contributed by atoms with Crippen LogP contribution in [-0.4, -0.2) is 35.3 Å². The van der Waals surface area contributed by atoms with Gasteiger partial charge in [0.05, 0.1) is 12.0 Å². The van der Waals surface area contributed by atoms with Gasteiger partial charge >= 0.3 is 0 Å². The molecule has 104 valence electrons. The monoisotopic (exact) mass is 260 g/mol. The molecule has 0 saturated heterocycles. The smallest absolute Gasteiger partial charge is 0.164 e. The van der Waals surface area contributed by atoms with E-state index in [0.717, 1.165) is 23.5 Å². The number of aromatic nitrogens is 2. The molecule has 0 aliphatic rings. The Hall–Kier alpha value is -1.71. The van der Waals surface area contributed by atoms with E-state index in [4.69, 9.17) is 0 Å². The predicted octanol–water partition coefficient (Wildman–Crippen LogP) is 3.60. The predicted molar refractivity (Wildman–Crippen MR) is 81.8 cm³/mol. The number of hydrogen-bond donors (Lipinski definition) is 0. The SMILES string of the molecule is CCCC/C=C(/C)c1c(C)ncnc1/N=C/N(C)C. The summed E-state index contributed by atoms with van der Waals surface area (Å²) in [6.07, 6.45) is 9.10. The minimum Gasteiger partial charge on any atom is -0.369 e. The summed E-state index contributed by atoms with van der Waals surface area (Å²) in [7, 11) is 3.89. The Kier molecular flexibility index (Phi) is 6.19. The van der Waals surface area contributed by atoms with Gasteiger partial charge in [0.1, 0.15) is 6.33 Å². The van der Waals surface area contributed by atoms with Crippen LogP contribution in [-0.2, 0) is 0 Å². The number of rotatable bonds is 6. The Morgan fingerprint density at radius 2 is 2.11 bits per heavy atom. The van der Waals surface area contributed by atoms with Crippen LogP contribution in [0.5, 0.6) is 0 Å². The molecule has 0 radical (unpaired) electrons. The van der Waals surface area contributed by atoms with Gasteiger partial charge in [0.2, 0.25) is 0 Å². The maximum absolute atomic E-state index is 4.42. The highest BCUT2D eigenvalue weighted by molar-refractivity contribution is 5.75. The van der Waals surface area contributed by atoms with Gasteiger partial charge in [-0.3, -0.25) is 0 Å². The van der Waals surface area contributed by atoms with Crippen molar-refractivity contribution in [3.63, 3.8) is 0 Å². The molecule has 0 spiro atoms. The summed E-state index contributed by atoms with van der Waals surface area (Å²) >= 11 is 0. The first-order valence-electron chi connectivity index (χ1n) is 6.75. The third kappa shape index (κ3) is 4.81. The van der Waals surface area contributed by atoms with Crippen LogP contribution in [0.2, 0.25) is 0 Å². The molecule has 0 N–H and O–H groups in total. The fourth-order valence-electron chi connectivity index (χ4n) is 1.82. The third-order valence-electron chi connectivity index (χ3n) is 2.83. The minimum atomic E-state index is 0.742. The van der Waals surface area contributed by atoms with Gasteiger partial charge in [-0.1, -0.05) is 25.8 Å². The van der Waals surface area contributed by atoms with E-state index in [-0.39, 0.29) is 0 Å². The molecule has 0 fully saturated rings. The molecular weight excluding hydrogens is 236 g/mol. The van der Waals surface area contributed by atoms with E-state index >= 15 is 0 Å². The van der Waals surface area contributed by atoms with Crippen molar-refractivity contribution in [1.82, 2.24) is 14.9 Å². The molecule has 1 aromatic heterocycles. The largest absolute Gasteiger partial charge is 0.369 e. The van der Waals surface area contributed by atoms with E-state index in [2.05, 4.69) is 34.9 Å². The molecule has 0 unspecified atom stereocenters. The molecule has 4 nitrogen and oxygen atoms in total. The van der Waals surface area contributed by atoms with E-state index in [0.29, 0.717) is 0 Å². The normalized spacial score (nSPS) is 12.2. The van der Waals surface area contributed by atoms with Crippen molar-refractivity contribution in [2.24, 2.45) is 4.99 Å². The lowest BCUT2D eigenvalue weighted by molar-refractivity contribution is 0.643. The zero-order valence-electron chi connectivity index (χ0n) is 12.6. The fraction of sp³-hybridized carbons (Fsp3) is 0.533. The Morgan fingerprint density at radius 3 is 2.74 bits per heavy atom. The van der Waals surface area contributed by atoms with Crippen LogP contribution in [0.4, 0.5) is 5.82 Å². The van der Waals surface area contributed by atoms with Gasteiger partial charge < -0.3 is 4.90 Å². The van der Waals surface area contributed by atoms with Crippen molar-refractivity contribution in [3.8, 4) is 0 Å². The standard InChI is InChI=1S/C15H24N4/c1-6-7-8-9-12(2)14-13(3)16-10-17-15(14)18-11-19(4)5/h9-11H,6-8H2,1-5H3/b12-9-,18-11+. The van der Waals surface area contributed by atoms with Gasteiger partial charge in [0.15, 0.2) is 5.82 Å². The lowest BCUT2D eigenvalue weighted by Crippen LogP contribution is -2.07. The average molecular weight is 260 g/mol. The maximum atomic E-state index is 4.42. The second-order valence-corrected chi connectivity index (χ2v) is 4.90. The van der Waals surface area contributed by atoms with E-state index in [1.54, 1.807) is 12.7 Å². The molecule has 0 amide bonds. The van der Waals surface area contributed by atoms with Gasteiger partial charge in [-0.2, -0.15) is 0 Å². The van der Waals surface area contributed by atoms with Gasteiger partial charge in [-0.25, -0.2) is 15.0 Å². The van der Waals surface area contributed by atoms with Crippen molar-refractivity contribution in [1.29, 1.82) is 0 Å². The lowest BCUT2D eigenvalue weighted by atomic mass is 10.0. The van der Waals surface area contributed by atoms with Crippen LogP contribution in [0.1, 0.15) is 44.4 Å². The molecule has 0 bridgehead atoms. The van der Waals surface area contributed by atoms with Gasteiger partial charge in [-0.05, 0) is 25.8 Å². The molecule has 0 aliphatic carbocycles.